The Morgan fingerprint density at radius 3 is 2.43 bits per heavy atom. The highest BCUT2D eigenvalue weighted by Crippen LogP contribution is 2.38. The van der Waals surface area contributed by atoms with Crippen molar-refractivity contribution in [2.24, 2.45) is 11.8 Å². The van der Waals surface area contributed by atoms with Gasteiger partial charge in [0.25, 0.3) is 5.91 Å². The number of aryl methyl sites for hydroxylation is 2. The van der Waals surface area contributed by atoms with Crippen LogP contribution in [0.2, 0.25) is 0 Å². The lowest BCUT2D eigenvalue weighted by Crippen LogP contribution is -2.35. The number of likely N-dealkylation sites (tertiary alicyclic amines) is 1. The number of imide groups is 1. The summed E-state index contributed by atoms with van der Waals surface area (Å²) in [5.74, 6) is -1.78. The van der Waals surface area contributed by atoms with Crippen LogP contribution in [0.4, 0.5) is 5.69 Å². The summed E-state index contributed by atoms with van der Waals surface area (Å²) in [4.78, 5) is 50.7. The highest BCUT2D eigenvalue weighted by atomic mass is 16.5. The molecule has 3 amide bonds. The third kappa shape index (κ3) is 4.11. The summed E-state index contributed by atoms with van der Waals surface area (Å²) in [6.07, 6.45) is 5.57. The molecule has 2 aliphatic carbocycles. The van der Waals surface area contributed by atoms with Gasteiger partial charge in [0.15, 0.2) is 6.10 Å². The van der Waals surface area contributed by atoms with Gasteiger partial charge in [-0.2, -0.15) is 0 Å². The molecule has 1 aromatic carbocycles. The lowest BCUT2D eigenvalue weighted by molar-refractivity contribution is -0.154. The largest absolute Gasteiger partial charge is 0.452 e. The molecule has 0 bridgehead atoms. The van der Waals surface area contributed by atoms with Crippen LogP contribution in [0.25, 0.3) is 0 Å². The first-order chi connectivity index (χ1) is 14.4. The van der Waals surface area contributed by atoms with Gasteiger partial charge >= 0.3 is 5.97 Å². The van der Waals surface area contributed by atoms with Gasteiger partial charge in [-0.3, -0.25) is 24.1 Å². The normalized spacial score (nSPS) is 23.7. The van der Waals surface area contributed by atoms with Crippen molar-refractivity contribution in [3.8, 4) is 0 Å². The fraction of sp³-hybridized carbons (Fsp3) is 0.565. The fourth-order valence-corrected chi connectivity index (χ4v) is 4.86. The third-order valence-corrected chi connectivity index (χ3v) is 6.52. The van der Waals surface area contributed by atoms with Gasteiger partial charge in [0.05, 0.1) is 18.3 Å². The molecule has 1 heterocycles. The maximum atomic E-state index is 12.5. The Morgan fingerprint density at radius 2 is 1.73 bits per heavy atom. The van der Waals surface area contributed by atoms with Gasteiger partial charge in [-0.1, -0.05) is 18.9 Å². The summed E-state index contributed by atoms with van der Waals surface area (Å²) in [6.45, 7) is 1.53. The zero-order chi connectivity index (χ0) is 21.3. The number of amides is 3. The Morgan fingerprint density at radius 1 is 1.07 bits per heavy atom. The van der Waals surface area contributed by atoms with E-state index in [1.54, 1.807) is 0 Å². The second-order valence-electron chi connectivity index (χ2n) is 8.53. The number of nitrogens with zero attached hydrogens (tertiary/aromatic N) is 1. The van der Waals surface area contributed by atoms with Crippen molar-refractivity contribution in [2.45, 2.75) is 64.4 Å². The topological polar surface area (TPSA) is 92.8 Å². The van der Waals surface area contributed by atoms with E-state index in [1.807, 2.05) is 18.2 Å². The molecule has 3 atom stereocenters. The van der Waals surface area contributed by atoms with Crippen LogP contribution in [0, 0.1) is 11.8 Å². The van der Waals surface area contributed by atoms with Crippen LogP contribution in [0.5, 0.6) is 0 Å². The molecule has 1 saturated carbocycles. The molecule has 1 aromatic rings. The minimum absolute atomic E-state index is 0.0165. The molecule has 7 nitrogen and oxygen atoms in total. The van der Waals surface area contributed by atoms with E-state index < -0.39 is 18.0 Å². The number of carbonyl (C=O) groups excluding carboxylic acids is 4. The van der Waals surface area contributed by atoms with E-state index in [1.165, 1.54) is 23.0 Å². The number of hydrogen-bond acceptors (Lipinski definition) is 5. The molecule has 2 fully saturated rings. The molecular weight excluding hydrogens is 384 g/mol. The molecule has 3 aliphatic rings. The minimum atomic E-state index is -0.960. The molecule has 160 valence electrons. The molecule has 7 heteroatoms. The number of rotatable bonds is 6. The van der Waals surface area contributed by atoms with Gasteiger partial charge in [0, 0.05) is 12.2 Å². The number of nitrogens with one attached hydrogen (secondary N) is 1. The van der Waals surface area contributed by atoms with Crippen LogP contribution < -0.4 is 5.32 Å². The number of benzene rings is 1. The lowest BCUT2D eigenvalue weighted by atomic mass is 9.81. The summed E-state index contributed by atoms with van der Waals surface area (Å²) >= 11 is 0. The Bertz CT molecular complexity index is 856. The molecule has 0 aromatic heterocycles. The van der Waals surface area contributed by atoms with E-state index in [9.17, 15) is 19.2 Å². The quantitative estimate of drug-likeness (QED) is 0.573. The first kappa shape index (κ1) is 20.6. The van der Waals surface area contributed by atoms with Crippen LogP contribution in [0.1, 0.15) is 56.6 Å². The molecule has 1 saturated heterocycles. The smallest absolute Gasteiger partial charge is 0.308 e. The van der Waals surface area contributed by atoms with Crippen LogP contribution >= 0.6 is 0 Å². The average molecular weight is 412 g/mol. The number of carbonyl (C=O) groups is 4. The second-order valence-corrected chi connectivity index (χ2v) is 8.53. The van der Waals surface area contributed by atoms with Crippen molar-refractivity contribution in [1.29, 1.82) is 0 Å². The molecule has 1 N–H and O–H groups in total. The van der Waals surface area contributed by atoms with Crippen molar-refractivity contribution in [3.05, 3.63) is 29.3 Å². The Labute approximate surface area is 176 Å². The number of fused-ring (bicyclic) bond motifs is 2. The van der Waals surface area contributed by atoms with Crippen molar-refractivity contribution >= 4 is 29.4 Å². The fourth-order valence-electron chi connectivity index (χ4n) is 4.86. The highest BCUT2D eigenvalue weighted by molar-refractivity contribution is 6.05. The molecule has 1 aliphatic heterocycles. The Balaban J connectivity index is 1.26. The van der Waals surface area contributed by atoms with E-state index in [2.05, 4.69) is 5.32 Å². The van der Waals surface area contributed by atoms with Crippen molar-refractivity contribution < 1.29 is 23.9 Å². The van der Waals surface area contributed by atoms with Gasteiger partial charge in [0.1, 0.15) is 0 Å². The first-order valence-corrected chi connectivity index (χ1v) is 10.9. The summed E-state index contributed by atoms with van der Waals surface area (Å²) in [6, 6.07) is 5.86. The van der Waals surface area contributed by atoms with Crippen LogP contribution in [0.3, 0.4) is 0 Å². The summed E-state index contributed by atoms with van der Waals surface area (Å²) in [5.41, 5.74) is 3.26. The number of hydrogen-bond donors (Lipinski definition) is 1. The monoisotopic (exact) mass is 412 g/mol. The van der Waals surface area contributed by atoms with E-state index >= 15 is 0 Å². The van der Waals surface area contributed by atoms with Crippen molar-refractivity contribution in [2.75, 3.05) is 11.9 Å². The zero-order valence-corrected chi connectivity index (χ0v) is 17.3. The zero-order valence-electron chi connectivity index (χ0n) is 17.3. The van der Waals surface area contributed by atoms with E-state index in [-0.39, 0.29) is 36.6 Å². The van der Waals surface area contributed by atoms with Gasteiger partial charge in [-0.05, 0) is 62.3 Å². The average Bonchev–Trinajstić information content (AvgIpc) is 3.29. The van der Waals surface area contributed by atoms with Crippen LogP contribution in [0.15, 0.2) is 18.2 Å². The second kappa shape index (κ2) is 8.58. The molecule has 4 rings (SSSR count). The van der Waals surface area contributed by atoms with E-state index in [4.69, 9.17) is 4.74 Å². The first-order valence-electron chi connectivity index (χ1n) is 10.9. The molecular formula is C23H28N2O5. The van der Waals surface area contributed by atoms with E-state index in [0.29, 0.717) is 5.69 Å². The van der Waals surface area contributed by atoms with Crippen LogP contribution in [-0.2, 0) is 36.8 Å². The maximum Gasteiger partial charge on any atom is 0.308 e. The highest BCUT2D eigenvalue weighted by Gasteiger charge is 2.47. The predicted octanol–water partition coefficient (Wildman–Crippen LogP) is 2.61. The summed E-state index contributed by atoms with van der Waals surface area (Å²) in [7, 11) is 0. The number of esters is 1. The molecule has 30 heavy (non-hydrogen) atoms. The van der Waals surface area contributed by atoms with Crippen molar-refractivity contribution in [1.82, 2.24) is 4.90 Å². The van der Waals surface area contributed by atoms with Gasteiger partial charge in [-0.25, -0.2) is 0 Å². The standard InChI is InChI=1S/C23H28N2O5/c1-14(21(27)24-17-10-9-15-5-4-6-16(15)13-17)30-20(26)11-12-25-22(28)18-7-2-3-8-19(18)23(25)29/h9-10,13-14,18-19H,2-8,11-12H2,1H3,(H,24,27)/t14-,18+,19+/m1/s1. The predicted molar refractivity (Wildman–Crippen MR) is 109 cm³/mol. The van der Waals surface area contributed by atoms with Gasteiger partial charge in [-0.15, -0.1) is 0 Å². The SMILES string of the molecule is C[C@@H](OC(=O)CCN1C(=O)[C@H]2CCCC[C@@H]2C1=O)C(=O)Nc1ccc2c(c1)CCC2. The van der Waals surface area contributed by atoms with Gasteiger partial charge < -0.3 is 10.1 Å². The summed E-state index contributed by atoms with van der Waals surface area (Å²) < 4.78 is 5.23. The number of ether oxygens (including phenoxy) is 1. The van der Waals surface area contributed by atoms with E-state index in [0.717, 1.165) is 44.9 Å². The Kier molecular flexibility index (Phi) is 5.88. The lowest BCUT2D eigenvalue weighted by Gasteiger charge is -2.19. The molecule has 0 unspecified atom stereocenters. The molecule has 0 spiro atoms. The minimum Gasteiger partial charge on any atom is -0.452 e. The summed E-state index contributed by atoms with van der Waals surface area (Å²) in [5, 5.41) is 2.79. The van der Waals surface area contributed by atoms with Crippen LogP contribution in [-0.4, -0.2) is 41.2 Å². The third-order valence-electron chi connectivity index (χ3n) is 6.52. The molecule has 0 radical (unpaired) electrons. The maximum absolute atomic E-state index is 12.5. The van der Waals surface area contributed by atoms with Gasteiger partial charge in [0.2, 0.25) is 11.8 Å². The number of anilines is 1. The van der Waals surface area contributed by atoms with Crippen molar-refractivity contribution in [3.63, 3.8) is 0 Å². The Hall–Kier alpha value is -2.70.